The molecule has 1 heterocycles. The van der Waals surface area contributed by atoms with Crippen molar-refractivity contribution >= 4 is 26.3 Å². The Morgan fingerprint density at radius 3 is 2.51 bits per heavy atom. The Hall–Kier alpha value is -3.16. The van der Waals surface area contributed by atoms with Gasteiger partial charge in [-0.05, 0) is 38.6 Å². The number of carbonyl (C=O) groups excluding carboxylic acids is 3. The first kappa shape index (κ1) is 32.4. The van der Waals surface area contributed by atoms with E-state index >= 15 is 4.39 Å². The molecule has 4 atom stereocenters. The number of rotatable bonds is 13. The largest absolute Gasteiger partial charge is 0.488 e. The second kappa shape index (κ2) is 13.7. The summed E-state index contributed by atoms with van der Waals surface area (Å²) >= 11 is 0. The van der Waals surface area contributed by atoms with Gasteiger partial charge in [0.1, 0.15) is 37.9 Å². The highest BCUT2D eigenvalue weighted by molar-refractivity contribution is 6.15. The summed E-state index contributed by atoms with van der Waals surface area (Å²) < 4.78 is 26.7. The fourth-order valence-corrected chi connectivity index (χ4v) is 5.14. The van der Waals surface area contributed by atoms with Gasteiger partial charge < -0.3 is 29.8 Å². The standard InChI is InChI=1S/C29H37BFN3O7/c1-19-14-34(15-20(2)41-19)16-21-9-10-23(24(31)13-21)18-40-25-8-5-7-22(17-36)26(25)29(30,39)33(4)28(38,11-6-12-35)27(37)32-3/h5,7-10,12-13,17,19-20,38-39H,6,11,14-16,18H2,1-4H3,(H,32,37). The van der Waals surface area contributed by atoms with Crippen molar-refractivity contribution in [3.8, 4) is 5.75 Å². The van der Waals surface area contributed by atoms with E-state index in [0.717, 1.165) is 23.6 Å². The van der Waals surface area contributed by atoms with Crippen LogP contribution in [0.4, 0.5) is 4.39 Å². The zero-order valence-electron chi connectivity index (χ0n) is 23.8. The SMILES string of the molecule is [B]C(O)(c1c(C=O)cccc1OCc1ccc(CN2CC(C)OC(C)C2)cc1F)N(C)C(O)(CCC=O)C(=O)NC. The molecule has 1 saturated heterocycles. The molecule has 0 spiro atoms. The van der Waals surface area contributed by atoms with Crippen molar-refractivity contribution in [2.24, 2.45) is 0 Å². The van der Waals surface area contributed by atoms with E-state index in [-0.39, 0.29) is 47.7 Å². The van der Waals surface area contributed by atoms with E-state index in [1.54, 1.807) is 12.1 Å². The van der Waals surface area contributed by atoms with Gasteiger partial charge in [-0.3, -0.25) is 14.5 Å². The number of likely N-dealkylation sites (N-methyl/N-ethyl adjacent to an activating group) is 2. The van der Waals surface area contributed by atoms with E-state index in [1.165, 1.54) is 38.4 Å². The molecular formula is C29H37BFN3O7. The van der Waals surface area contributed by atoms with Crippen LogP contribution in [0.1, 0.15) is 53.7 Å². The summed E-state index contributed by atoms with van der Waals surface area (Å²) in [6, 6.07) is 9.12. The van der Waals surface area contributed by atoms with Crippen LogP contribution in [-0.4, -0.2) is 91.5 Å². The smallest absolute Gasteiger partial charge is 0.267 e. The Morgan fingerprint density at radius 2 is 1.93 bits per heavy atom. The van der Waals surface area contributed by atoms with Crippen LogP contribution in [0, 0.1) is 5.82 Å². The van der Waals surface area contributed by atoms with Gasteiger partial charge in [0, 0.05) is 56.2 Å². The van der Waals surface area contributed by atoms with E-state index in [1.807, 2.05) is 13.8 Å². The van der Waals surface area contributed by atoms with Crippen LogP contribution in [0.2, 0.25) is 0 Å². The second-order valence-electron chi connectivity index (χ2n) is 10.4. The number of nitrogens with one attached hydrogen (secondary N) is 1. The molecular weight excluding hydrogens is 532 g/mol. The number of benzene rings is 2. The Morgan fingerprint density at radius 1 is 1.24 bits per heavy atom. The molecule has 3 N–H and O–H groups in total. The van der Waals surface area contributed by atoms with Crippen LogP contribution in [0.5, 0.6) is 5.75 Å². The molecule has 2 aromatic carbocycles. The van der Waals surface area contributed by atoms with Crippen molar-refractivity contribution in [1.82, 2.24) is 15.1 Å². The molecule has 1 fully saturated rings. The monoisotopic (exact) mass is 569 g/mol. The molecule has 3 rings (SSSR count). The average Bonchev–Trinajstić information content (AvgIpc) is 2.93. The van der Waals surface area contributed by atoms with E-state index in [9.17, 15) is 24.6 Å². The van der Waals surface area contributed by atoms with Crippen molar-refractivity contribution < 1.29 is 38.5 Å². The Bertz CT molecular complexity index is 1240. The van der Waals surface area contributed by atoms with Crippen LogP contribution in [0.3, 0.4) is 0 Å². The van der Waals surface area contributed by atoms with Gasteiger partial charge in [0.05, 0.1) is 12.2 Å². The fourth-order valence-electron chi connectivity index (χ4n) is 5.14. The summed E-state index contributed by atoms with van der Waals surface area (Å²) in [5.74, 6) is -1.49. The third-order valence-electron chi connectivity index (χ3n) is 7.22. The highest BCUT2D eigenvalue weighted by Gasteiger charge is 2.48. The number of morpholine rings is 1. The van der Waals surface area contributed by atoms with Crippen molar-refractivity contribution in [2.75, 3.05) is 27.2 Å². The average molecular weight is 569 g/mol. The number of hydrogen-bond acceptors (Lipinski definition) is 9. The van der Waals surface area contributed by atoms with Crippen LogP contribution >= 0.6 is 0 Å². The predicted molar refractivity (Wildman–Crippen MR) is 150 cm³/mol. The van der Waals surface area contributed by atoms with Gasteiger partial charge in [0.15, 0.2) is 6.29 Å². The van der Waals surface area contributed by atoms with Crippen molar-refractivity contribution in [3.63, 3.8) is 0 Å². The molecule has 41 heavy (non-hydrogen) atoms. The number of hydrogen-bond donors (Lipinski definition) is 3. The first-order chi connectivity index (χ1) is 19.4. The number of aliphatic hydroxyl groups is 2. The van der Waals surface area contributed by atoms with Crippen molar-refractivity contribution in [1.29, 1.82) is 0 Å². The molecule has 10 nitrogen and oxygen atoms in total. The lowest BCUT2D eigenvalue weighted by molar-refractivity contribution is -0.199. The predicted octanol–water partition coefficient (Wildman–Crippen LogP) is 1.44. The molecule has 0 saturated carbocycles. The fraction of sp³-hybridized carbons (Fsp3) is 0.483. The normalized spacial score (nSPS) is 20.6. The summed E-state index contributed by atoms with van der Waals surface area (Å²) in [7, 11) is 8.70. The van der Waals surface area contributed by atoms with E-state index in [2.05, 4.69) is 10.2 Å². The van der Waals surface area contributed by atoms with E-state index in [0.29, 0.717) is 19.1 Å². The summed E-state index contributed by atoms with van der Waals surface area (Å²) in [5.41, 5.74) is -4.38. The minimum absolute atomic E-state index is 0.0686. The lowest BCUT2D eigenvalue weighted by Gasteiger charge is -2.45. The number of carbonyl (C=O) groups is 3. The maximum atomic E-state index is 15.1. The molecule has 0 aromatic heterocycles. The van der Waals surface area contributed by atoms with Gasteiger partial charge in [-0.25, -0.2) is 9.29 Å². The lowest BCUT2D eigenvalue weighted by Crippen LogP contribution is -2.64. The topological polar surface area (TPSA) is 129 Å². The summed E-state index contributed by atoms with van der Waals surface area (Å²) in [5, 5.41) is 24.9. The number of nitrogens with zero attached hydrogens (tertiary/aromatic N) is 2. The summed E-state index contributed by atoms with van der Waals surface area (Å²) in [6.45, 7) is 5.79. The van der Waals surface area contributed by atoms with Crippen LogP contribution in [-0.2, 0) is 33.1 Å². The zero-order valence-corrected chi connectivity index (χ0v) is 23.8. The van der Waals surface area contributed by atoms with Gasteiger partial charge in [-0.15, -0.1) is 0 Å². The minimum Gasteiger partial charge on any atom is -0.488 e. The Labute approximate surface area is 240 Å². The van der Waals surface area contributed by atoms with Gasteiger partial charge in [-0.1, -0.05) is 24.3 Å². The Kier molecular flexibility index (Phi) is 10.8. The molecule has 1 amide bonds. The maximum absolute atomic E-state index is 15.1. The van der Waals surface area contributed by atoms with Crippen LogP contribution < -0.4 is 10.1 Å². The lowest BCUT2D eigenvalue weighted by atomic mass is 9.78. The molecule has 220 valence electrons. The van der Waals surface area contributed by atoms with Crippen molar-refractivity contribution in [2.45, 2.75) is 63.4 Å². The third-order valence-corrected chi connectivity index (χ3v) is 7.22. The molecule has 4 unspecified atom stereocenters. The molecule has 0 aliphatic carbocycles. The molecule has 2 radical (unpaired) electrons. The van der Waals surface area contributed by atoms with Gasteiger partial charge in [-0.2, -0.15) is 0 Å². The van der Waals surface area contributed by atoms with Crippen LogP contribution in [0.25, 0.3) is 0 Å². The Balaban J connectivity index is 1.86. The highest BCUT2D eigenvalue weighted by Crippen LogP contribution is 2.37. The zero-order chi connectivity index (χ0) is 30.4. The van der Waals surface area contributed by atoms with Crippen molar-refractivity contribution in [3.05, 3.63) is 64.5 Å². The summed E-state index contributed by atoms with van der Waals surface area (Å²) in [6.07, 6.45) is 0.497. The maximum Gasteiger partial charge on any atom is 0.267 e. The van der Waals surface area contributed by atoms with Gasteiger partial charge in [0.25, 0.3) is 5.91 Å². The second-order valence-corrected chi connectivity index (χ2v) is 10.4. The minimum atomic E-state index is -2.63. The summed E-state index contributed by atoms with van der Waals surface area (Å²) in [4.78, 5) is 38.5. The number of aldehydes is 2. The van der Waals surface area contributed by atoms with Gasteiger partial charge in [0.2, 0.25) is 5.72 Å². The first-order valence-corrected chi connectivity index (χ1v) is 13.4. The molecule has 0 bridgehead atoms. The highest BCUT2D eigenvalue weighted by atomic mass is 19.1. The quantitative estimate of drug-likeness (QED) is 0.187. The molecule has 1 aliphatic heterocycles. The number of ether oxygens (including phenoxy) is 2. The first-order valence-electron chi connectivity index (χ1n) is 13.4. The van der Waals surface area contributed by atoms with E-state index in [4.69, 9.17) is 17.3 Å². The van der Waals surface area contributed by atoms with E-state index < -0.39 is 29.5 Å². The molecule has 1 aliphatic rings. The third kappa shape index (κ3) is 7.38. The number of amides is 1. The molecule has 12 heteroatoms. The molecule has 2 aromatic rings. The number of halogens is 1. The van der Waals surface area contributed by atoms with Crippen LogP contribution in [0.15, 0.2) is 36.4 Å². The van der Waals surface area contributed by atoms with Gasteiger partial charge >= 0.3 is 0 Å².